The number of H-pyrrole nitrogens is 1. The highest BCUT2D eigenvalue weighted by Crippen LogP contribution is 2.27. The summed E-state index contributed by atoms with van der Waals surface area (Å²) in [4.78, 5) is 25.2. The number of aliphatic hydroxyl groups is 2. The van der Waals surface area contributed by atoms with E-state index in [1.54, 1.807) is 6.92 Å². The average Bonchev–Trinajstić information content (AvgIpc) is 2.76. The molecule has 0 spiro atoms. The third kappa shape index (κ3) is 3.15. The van der Waals surface area contributed by atoms with Crippen molar-refractivity contribution in [2.75, 3.05) is 19.8 Å². The molecule has 8 heteroatoms. The van der Waals surface area contributed by atoms with Crippen molar-refractivity contribution in [2.45, 2.75) is 31.8 Å². The van der Waals surface area contributed by atoms with Gasteiger partial charge in [-0.3, -0.25) is 14.3 Å². The molecule has 0 saturated carbocycles. The van der Waals surface area contributed by atoms with E-state index in [2.05, 4.69) is 4.98 Å². The van der Waals surface area contributed by atoms with Crippen molar-refractivity contribution >= 4 is 0 Å². The Labute approximate surface area is 114 Å². The number of rotatable bonds is 5. The molecule has 3 atom stereocenters. The molecule has 0 radical (unpaired) electrons. The normalized spacial score (nSPS) is 26.1. The highest BCUT2D eigenvalue weighted by Gasteiger charge is 2.35. The lowest BCUT2D eigenvalue weighted by Crippen LogP contribution is -2.33. The van der Waals surface area contributed by atoms with Gasteiger partial charge in [-0.15, -0.1) is 0 Å². The first-order valence-electron chi connectivity index (χ1n) is 6.37. The van der Waals surface area contributed by atoms with Crippen LogP contribution < -0.4 is 11.2 Å². The van der Waals surface area contributed by atoms with Crippen LogP contribution in [0.5, 0.6) is 0 Å². The van der Waals surface area contributed by atoms with Crippen molar-refractivity contribution in [1.82, 2.24) is 9.55 Å². The van der Waals surface area contributed by atoms with E-state index in [9.17, 15) is 14.7 Å². The van der Waals surface area contributed by atoms with Gasteiger partial charge in [0.05, 0.1) is 25.9 Å². The molecule has 1 saturated heterocycles. The summed E-state index contributed by atoms with van der Waals surface area (Å²) in [6.45, 7) is 1.77. The number of hydrogen-bond acceptors (Lipinski definition) is 6. The zero-order chi connectivity index (χ0) is 14.7. The number of hydrogen-bond donors (Lipinski definition) is 3. The predicted octanol–water partition coefficient (Wildman–Crippen LogP) is -1.50. The number of nitrogens with zero attached hydrogens (tertiary/aromatic N) is 1. The molecular formula is C12H18N2O6. The van der Waals surface area contributed by atoms with E-state index in [0.29, 0.717) is 5.56 Å². The fourth-order valence-corrected chi connectivity index (χ4v) is 2.10. The largest absolute Gasteiger partial charge is 0.394 e. The molecule has 0 unspecified atom stereocenters. The maximum absolute atomic E-state index is 11.7. The van der Waals surface area contributed by atoms with E-state index in [4.69, 9.17) is 14.6 Å². The van der Waals surface area contributed by atoms with E-state index >= 15 is 0 Å². The monoisotopic (exact) mass is 286 g/mol. The van der Waals surface area contributed by atoms with Gasteiger partial charge in [-0.25, -0.2) is 4.79 Å². The Morgan fingerprint density at radius 1 is 1.55 bits per heavy atom. The average molecular weight is 286 g/mol. The number of aromatic amines is 1. The molecule has 2 rings (SSSR count). The highest BCUT2D eigenvalue weighted by atomic mass is 16.6. The molecule has 2 heterocycles. The quantitative estimate of drug-likeness (QED) is 0.568. The molecule has 3 N–H and O–H groups in total. The summed E-state index contributed by atoms with van der Waals surface area (Å²) in [6.07, 6.45) is -0.326. The summed E-state index contributed by atoms with van der Waals surface area (Å²) in [5.41, 5.74) is -0.620. The maximum Gasteiger partial charge on any atom is 0.330 e. The lowest BCUT2D eigenvalue weighted by atomic mass is 10.2. The Kier molecular flexibility index (Phi) is 4.71. The Bertz CT molecular complexity index is 566. The van der Waals surface area contributed by atoms with Gasteiger partial charge >= 0.3 is 5.69 Å². The van der Waals surface area contributed by atoms with Gasteiger partial charge in [0.2, 0.25) is 0 Å². The third-order valence-electron chi connectivity index (χ3n) is 3.18. The van der Waals surface area contributed by atoms with E-state index in [-0.39, 0.29) is 26.2 Å². The Hall–Kier alpha value is -1.48. The molecule has 20 heavy (non-hydrogen) atoms. The van der Waals surface area contributed by atoms with Crippen molar-refractivity contribution in [3.05, 3.63) is 32.6 Å². The summed E-state index contributed by atoms with van der Waals surface area (Å²) >= 11 is 0. The topological polar surface area (TPSA) is 114 Å². The van der Waals surface area contributed by atoms with Crippen LogP contribution in [0.3, 0.4) is 0 Å². The molecule has 0 amide bonds. The Morgan fingerprint density at radius 2 is 2.30 bits per heavy atom. The minimum Gasteiger partial charge on any atom is -0.394 e. The number of ether oxygens (including phenoxy) is 2. The lowest BCUT2D eigenvalue weighted by molar-refractivity contribution is -0.0669. The summed E-state index contributed by atoms with van der Waals surface area (Å²) in [5, 5.41) is 18.5. The van der Waals surface area contributed by atoms with E-state index in [0.717, 1.165) is 0 Å². The Balaban J connectivity index is 2.10. The third-order valence-corrected chi connectivity index (χ3v) is 3.18. The second-order valence-corrected chi connectivity index (χ2v) is 4.71. The van der Waals surface area contributed by atoms with Crippen molar-refractivity contribution in [2.24, 2.45) is 0 Å². The van der Waals surface area contributed by atoms with Gasteiger partial charge in [-0.2, -0.15) is 0 Å². The number of aryl methyl sites for hydroxylation is 1. The molecule has 0 aliphatic carbocycles. The van der Waals surface area contributed by atoms with Crippen LogP contribution in [0.1, 0.15) is 18.2 Å². The van der Waals surface area contributed by atoms with Crippen LogP contribution in [0, 0.1) is 6.92 Å². The highest BCUT2D eigenvalue weighted by molar-refractivity contribution is 5.02. The van der Waals surface area contributed by atoms with Gasteiger partial charge in [-0.05, 0) is 6.92 Å². The second kappa shape index (κ2) is 6.31. The zero-order valence-corrected chi connectivity index (χ0v) is 11.1. The predicted molar refractivity (Wildman–Crippen MR) is 68.5 cm³/mol. The van der Waals surface area contributed by atoms with Gasteiger partial charge in [0.1, 0.15) is 12.3 Å². The standard InChI is InChI=1S/C12H18N2O6/c1-7-5-14(12(18)13-11(7)17)10-4-8(16)9(20-10)6-19-3-2-15/h5,8-10,15-16H,2-4,6H2,1H3,(H,13,17,18)/t8-,9+,10+/m0/s1. The summed E-state index contributed by atoms with van der Waals surface area (Å²) in [6, 6.07) is 0. The van der Waals surface area contributed by atoms with Crippen molar-refractivity contribution in [1.29, 1.82) is 0 Å². The molecule has 1 aromatic rings. The van der Waals surface area contributed by atoms with Crippen LogP contribution in [0.25, 0.3) is 0 Å². The number of aromatic nitrogens is 2. The Morgan fingerprint density at radius 3 is 3.00 bits per heavy atom. The molecule has 1 aliphatic rings. The fourth-order valence-electron chi connectivity index (χ4n) is 2.10. The smallest absolute Gasteiger partial charge is 0.330 e. The molecule has 112 valence electrons. The van der Waals surface area contributed by atoms with Crippen LogP contribution >= 0.6 is 0 Å². The number of nitrogens with one attached hydrogen (secondary N) is 1. The van der Waals surface area contributed by atoms with Crippen LogP contribution in [0.2, 0.25) is 0 Å². The van der Waals surface area contributed by atoms with Gasteiger partial charge < -0.3 is 19.7 Å². The summed E-state index contributed by atoms with van der Waals surface area (Å²) < 4.78 is 11.9. The van der Waals surface area contributed by atoms with E-state index in [1.165, 1.54) is 10.8 Å². The van der Waals surface area contributed by atoms with Crippen molar-refractivity contribution in [3.8, 4) is 0 Å². The first-order chi connectivity index (χ1) is 9.52. The molecule has 1 aliphatic heterocycles. The SMILES string of the molecule is Cc1cn([C@H]2C[C@H](O)[C@@H](COCCO)O2)c(=O)[nH]c1=O. The van der Waals surface area contributed by atoms with Crippen LogP contribution in [-0.4, -0.2) is 51.8 Å². The lowest BCUT2D eigenvalue weighted by Gasteiger charge is -2.16. The molecule has 8 nitrogen and oxygen atoms in total. The van der Waals surface area contributed by atoms with E-state index in [1.807, 2.05) is 0 Å². The molecule has 1 aromatic heterocycles. The van der Waals surface area contributed by atoms with Gasteiger partial charge in [0, 0.05) is 18.2 Å². The first kappa shape index (κ1) is 14.9. The second-order valence-electron chi connectivity index (χ2n) is 4.71. The molecule has 1 fully saturated rings. The van der Waals surface area contributed by atoms with Crippen LogP contribution in [0.15, 0.2) is 15.8 Å². The minimum atomic E-state index is -0.766. The molecule has 0 aromatic carbocycles. The van der Waals surface area contributed by atoms with Crippen molar-refractivity contribution < 1.29 is 19.7 Å². The summed E-state index contributed by atoms with van der Waals surface area (Å²) in [5.74, 6) is 0. The van der Waals surface area contributed by atoms with Gasteiger partial charge in [-0.1, -0.05) is 0 Å². The van der Waals surface area contributed by atoms with Gasteiger partial charge in [0.25, 0.3) is 5.56 Å². The van der Waals surface area contributed by atoms with Gasteiger partial charge in [0.15, 0.2) is 0 Å². The molecular weight excluding hydrogens is 268 g/mol. The van der Waals surface area contributed by atoms with Crippen LogP contribution in [-0.2, 0) is 9.47 Å². The summed E-state index contributed by atoms with van der Waals surface area (Å²) in [7, 11) is 0. The minimum absolute atomic E-state index is 0.106. The fraction of sp³-hybridized carbons (Fsp3) is 0.667. The first-order valence-corrected chi connectivity index (χ1v) is 6.37. The maximum atomic E-state index is 11.7. The molecule has 0 bridgehead atoms. The van der Waals surface area contributed by atoms with Crippen molar-refractivity contribution in [3.63, 3.8) is 0 Å². The van der Waals surface area contributed by atoms with E-state index < -0.39 is 29.7 Å². The van der Waals surface area contributed by atoms with Crippen LogP contribution in [0.4, 0.5) is 0 Å². The zero-order valence-electron chi connectivity index (χ0n) is 11.1. The number of aliphatic hydroxyl groups excluding tert-OH is 2.